The summed E-state index contributed by atoms with van der Waals surface area (Å²) in [6.07, 6.45) is 2.05. The zero-order chi connectivity index (χ0) is 20.4. The van der Waals surface area contributed by atoms with Gasteiger partial charge in [0, 0.05) is 25.1 Å². The number of aryl methyl sites for hydroxylation is 1. The molecule has 2 aromatic carbocycles. The van der Waals surface area contributed by atoms with Crippen LogP contribution in [-0.4, -0.2) is 36.0 Å². The molecule has 152 valence electrons. The zero-order valence-electron chi connectivity index (χ0n) is 16.1. The van der Waals surface area contributed by atoms with Crippen LogP contribution < -0.4 is 0 Å². The third-order valence-electron chi connectivity index (χ3n) is 5.25. The summed E-state index contributed by atoms with van der Waals surface area (Å²) in [7, 11) is -3.87. The van der Waals surface area contributed by atoms with Crippen molar-refractivity contribution < 1.29 is 17.3 Å². The largest absolute Gasteiger partial charge is 0.339 e. The highest BCUT2D eigenvalue weighted by atomic mass is 32.2. The maximum absolute atomic E-state index is 14.0. The van der Waals surface area contributed by atoms with Crippen molar-refractivity contribution >= 4 is 10.0 Å². The lowest BCUT2D eigenvalue weighted by Crippen LogP contribution is -2.40. The highest BCUT2D eigenvalue weighted by molar-refractivity contribution is 7.89. The molecule has 1 fully saturated rings. The second kappa shape index (κ2) is 8.04. The van der Waals surface area contributed by atoms with Gasteiger partial charge in [0.05, 0.1) is 0 Å². The maximum atomic E-state index is 14.0. The second-order valence-corrected chi connectivity index (χ2v) is 9.24. The Morgan fingerprint density at radius 3 is 2.72 bits per heavy atom. The lowest BCUT2D eigenvalue weighted by atomic mass is 9.96. The minimum Gasteiger partial charge on any atom is -0.339 e. The van der Waals surface area contributed by atoms with Crippen LogP contribution in [0, 0.1) is 18.7 Å². The number of sulfonamides is 1. The molecule has 6 nitrogen and oxygen atoms in total. The van der Waals surface area contributed by atoms with Crippen molar-refractivity contribution in [3.05, 3.63) is 65.8 Å². The molecule has 3 aromatic rings. The Kier molecular flexibility index (Phi) is 5.47. The summed E-state index contributed by atoms with van der Waals surface area (Å²) in [5.74, 6) is 0.327. The molecule has 4 rings (SSSR count). The van der Waals surface area contributed by atoms with E-state index in [1.165, 1.54) is 28.6 Å². The van der Waals surface area contributed by atoms with Crippen molar-refractivity contribution in [1.29, 1.82) is 0 Å². The molecule has 1 aliphatic heterocycles. The second-order valence-electron chi connectivity index (χ2n) is 7.33. The molecule has 0 spiro atoms. The van der Waals surface area contributed by atoms with Crippen LogP contribution in [0.3, 0.4) is 0 Å². The van der Waals surface area contributed by atoms with E-state index in [9.17, 15) is 12.8 Å². The van der Waals surface area contributed by atoms with Gasteiger partial charge in [-0.05, 0) is 43.4 Å². The van der Waals surface area contributed by atoms with Crippen LogP contribution in [0.1, 0.15) is 24.3 Å². The van der Waals surface area contributed by atoms with E-state index < -0.39 is 15.8 Å². The van der Waals surface area contributed by atoms with Crippen molar-refractivity contribution in [3.63, 3.8) is 0 Å². The first-order valence-electron chi connectivity index (χ1n) is 9.58. The van der Waals surface area contributed by atoms with E-state index in [4.69, 9.17) is 4.52 Å². The van der Waals surface area contributed by atoms with Gasteiger partial charge in [-0.1, -0.05) is 41.6 Å². The molecular formula is C21H22FN3O3S. The highest BCUT2D eigenvalue weighted by Gasteiger charge is 2.32. The molecule has 0 radical (unpaired) electrons. The van der Waals surface area contributed by atoms with Crippen LogP contribution >= 0.6 is 0 Å². The first kappa shape index (κ1) is 19.7. The van der Waals surface area contributed by atoms with E-state index in [1.807, 2.05) is 31.2 Å². The molecular weight excluding hydrogens is 393 g/mol. The molecule has 0 N–H and O–H groups in total. The number of nitrogens with zero attached hydrogens (tertiary/aromatic N) is 3. The van der Waals surface area contributed by atoms with Gasteiger partial charge in [0.15, 0.2) is 0 Å². The summed E-state index contributed by atoms with van der Waals surface area (Å²) >= 11 is 0. The van der Waals surface area contributed by atoms with Crippen molar-refractivity contribution in [2.45, 2.75) is 31.1 Å². The third-order valence-corrected chi connectivity index (χ3v) is 7.15. The van der Waals surface area contributed by atoms with Crippen LogP contribution in [-0.2, 0) is 16.4 Å². The molecule has 8 heteroatoms. The molecule has 2 heterocycles. The predicted octanol–water partition coefficient (Wildman–Crippen LogP) is 3.83. The number of hydrogen-bond donors (Lipinski definition) is 0. The molecule has 1 aromatic heterocycles. The molecule has 0 aliphatic carbocycles. The maximum Gasteiger partial charge on any atom is 0.245 e. The Morgan fingerprint density at radius 1 is 1.17 bits per heavy atom. The van der Waals surface area contributed by atoms with Crippen molar-refractivity contribution in [1.82, 2.24) is 14.4 Å². The fourth-order valence-corrected chi connectivity index (χ4v) is 5.34. The lowest BCUT2D eigenvalue weighted by Gasteiger charge is -2.31. The summed E-state index contributed by atoms with van der Waals surface area (Å²) in [4.78, 5) is 4.21. The molecule has 0 saturated carbocycles. The van der Waals surface area contributed by atoms with Crippen LogP contribution in [0.25, 0.3) is 11.4 Å². The monoisotopic (exact) mass is 415 g/mol. The Morgan fingerprint density at radius 2 is 1.93 bits per heavy atom. The van der Waals surface area contributed by atoms with Crippen LogP contribution in [0.15, 0.2) is 57.9 Å². The van der Waals surface area contributed by atoms with E-state index in [-0.39, 0.29) is 10.8 Å². The topological polar surface area (TPSA) is 76.3 Å². The molecule has 29 heavy (non-hydrogen) atoms. The van der Waals surface area contributed by atoms with Gasteiger partial charge in [0.1, 0.15) is 10.7 Å². The summed E-state index contributed by atoms with van der Waals surface area (Å²) < 4.78 is 46.5. The summed E-state index contributed by atoms with van der Waals surface area (Å²) in [5, 5.41) is 4.07. The molecule has 1 unspecified atom stereocenters. The van der Waals surface area contributed by atoms with Gasteiger partial charge >= 0.3 is 0 Å². The van der Waals surface area contributed by atoms with Gasteiger partial charge in [-0.15, -0.1) is 0 Å². The SMILES string of the molecule is Cc1ccccc1-c1noc(CC2CCCN(S(=O)(=O)c3ccccc3F)C2)n1. The molecule has 0 amide bonds. The first-order valence-corrected chi connectivity index (χ1v) is 11.0. The number of benzene rings is 2. The van der Waals surface area contributed by atoms with E-state index >= 15 is 0 Å². The Hall–Kier alpha value is -2.58. The summed E-state index contributed by atoms with van der Waals surface area (Å²) in [5.41, 5.74) is 1.97. The molecule has 0 bridgehead atoms. The van der Waals surface area contributed by atoms with Crippen LogP contribution in [0.5, 0.6) is 0 Å². The van der Waals surface area contributed by atoms with E-state index in [0.29, 0.717) is 37.6 Å². The van der Waals surface area contributed by atoms with Crippen LogP contribution in [0.4, 0.5) is 4.39 Å². The Bertz CT molecular complexity index is 1110. The summed E-state index contributed by atoms with van der Waals surface area (Å²) in [6.45, 7) is 2.67. The fraction of sp³-hybridized carbons (Fsp3) is 0.333. The zero-order valence-corrected chi connectivity index (χ0v) is 16.9. The van der Waals surface area contributed by atoms with E-state index in [0.717, 1.165) is 17.5 Å². The number of halogens is 1. The number of hydrogen-bond acceptors (Lipinski definition) is 5. The minimum absolute atomic E-state index is 0.0375. The van der Waals surface area contributed by atoms with E-state index in [2.05, 4.69) is 10.1 Å². The Labute approximate surface area is 169 Å². The number of aromatic nitrogens is 2. The van der Waals surface area contributed by atoms with E-state index in [1.54, 1.807) is 0 Å². The van der Waals surface area contributed by atoms with Crippen molar-refractivity contribution in [2.24, 2.45) is 5.92 Å². The number of piperidine rings is 1. The third kappa shape index (κ3) is 4.09. The molecule has 1 aliphatic rings. The average molecular weight is 415 g/mol. The summed E-state index contributed by atoms with van der Waals surface area (Å²) in [6, 6.07) is 13.3. The van der Waals surface area contributed by atoms with Gasteiger partial charge in [-0.3, -0.25) is 0 Å². The first-order chi connectivity index (χ1) is 13.9. The fourth-order valence-electron chi connectivity index (χ4n) is 3.72. The molecule has 1 atom stereocenters. The molecule has 1 saturated heterocycles. The standard InChI is InChI=1S/C21H22FN3O3S/c1-15-7-2-3-9-17(15)21-23-20(28-24-21)13-16-8-6-12-25(14-16)29(26,27)19-11-5-4-10-18(19)22/h2-5,7,9-11,16H,6,8,12-14H2,1H3. The Balaban J connectivity index is 1.49. The average Bonchev–Trinajstić information content (AvgIpc) is 3.17. The smallest absolute Gasteiger partial charge is 0.245 e. The van der Waals surface area contributed by atoms with Crippen molar-refractivity contribution in [2.75, 3.05) is 13.1 Å². The van der Waals surface area contributed by atoms with Crippen molar-refractivity contribution in [3.8, 4) is 11.4 Å². The number of rotatable bonds is 5. The lowest BCUT2D eigenvalue weighted by molar-refractivity contribution is 0.246. The predicted molar refractivity (Wildman–Crippen MR) is 106 cm³/mol. The van der Waals surface area contributed by atoms with Gasteiger partial charge in [-0.2, -0.15) is 9.29 Å². The van der Waals surface area contributed by atoms with Crippen LogP contribution in [0.2, 0.25) is 0 Å². The normalized spacial score (nSPS) is 18.1. The minimum atomic E-state index is -3.87. The quantitative estimate of drug-likeness (QED) is 0.633. The van der Waals surface area contributed by atoms with Gasteiger partial charge in [0.2, 0.25) is 21.7 Å². The highest BCUT2D eigenvalue weighted by Crippen LogP contribution is 2.27. The van der Waals surface area contributed by atoms with Gasteiger partial charge in [-0.25, -0.2) is 12.8 Å². The van der Waals surface area contributed by atoms with Gasteiger partial charge in [0.25, 0.3) is 0 Å². The van der Waals surface area contributed by atoms with Gasteiger partial charge < -0.3 is 4.52 Å².